The average molecular weight is 549 g/mol. The van der Waals surface area contributed by atoms with Crippen molar-refractivity contribution < 1.29 is 52.5 Å². The third-order valence-corrected chi connectivity index (χ3v) is 8.59. The second-order valence-corrected chi connectivity index (χ2v) is 11.4. The van der Waals surface area contributed by atoms with E-state index in [0.29, 0.717) is 0 Å². The van der Waals surface area contributed by atoms with Gasteiger partial charge >= 0.3 is 5.97 Å². The van der Waals surface area contributed by atoms with Crippen molar-refractivity contribution in [3.8, 4) is 0 Å². The number of rotatable bonds is 4. The molecule has 2 saturated carbocycles. The van der Waals surface area contributed by atoms with Gasteiger partial charge < -0.3 is 47.7 Å². The molecular formula is C27H48O11. The van der Waals surface area contributed by atoms with Crippen molar-refractivity contribution in [1.82, 2.24) is 0 Å². The van der Waals surface area contributed by atoms with Crippen LogP contribution in [0.25, 0.3) is 0 Å². The first-order valence-corrected chi connectivity index (χ1v) is 12.8. The summed E-state index contributed by atoms with van der Waals surface area (Å²) in [6, 6.07) is 0. The molecule has 1 N–H and O–H groups in total. The van der Waals surface area contributed by atoms with Crippen LogP contribution in [0.3, 0.4) is 0 Å². The summed E-state index contributed by atoms with van der Waals surface area (Å²) in [7, 11) is 4.58. The van der Waals surface area contributed by atoms with Crippen molar-refractivity contribution in [2.45, 2.75) is 128 Å². The Morgan fingerprint density at radius 2 is 1.24 bits per heavy atom. The van der Waals surface area contributed by atoms with E-state index in [4.69, 9.17) is 42.6 Å². The predicted molar refractivity (Wildman–Crippen MR) is 135 cm³/mol. The standard InChI is InChI=1S/C13H20O6.C12H20O5.2CH4/c1-12(2)17-8-9(18-12)13(19-11(8)16-4)6-5-7(13)10(14)15-3;1-11(2)15-8-9(16-11)12(17-10(8)14-3)5-4-7(12)6-13;;/h7-9,11H,5-6H2,1-4H3;7-10,13H,4-6H2,1-3H3;2*1H4/t7-,8?,9-,11-,13-;7-,8?,9-,10-,12-;;/m11../s1. The van der Waals surface area contributed by atoms with Crippen LogP contribution in [0.5, 0.6) is 0 Å². The molecule has 4 heterocycles. The summed E-state index contributed by atoms with van der Waals surface area (Å²) in [5.41, 5.74) is -1.07. The first kappa shape index (κ1) is 31.6. The highest BCUT2D eigenvalue weighted by molar-refractivity contribution is 5.75. The van der Waals surface area contributed by atoms with Crippen LogP contribution in [0.1, 0.15) is 68.2 Å². The van der Waals surface area contributed by atoms with E-state index in [2.05, 4.69) is 0 Å². The highest BCUT2D eigenvalue weighted by Gasteiger charge is 2.71. The third-order valence-electron chi connectivity index (χ3n) is 8.59. The van der Waals surface area contributed by atoms with Crippen LogP contribution in [0.2, 0.25) is 0 Å². The third kappa shape index (κ3) is 4.71. The molecule has 0 aromatic rings. The molecule has 0 bridgehead atoms. The number of hydrogen-bond donors (Lipinski definition) is 1. The minimum Gasteiger partial charge on any atom is -0.469 e. The first-order chi connectivity index (χ1) is 17.0. The summed E-state index contributed by atoms with van der Waals surface area (Å²) < 4.78 is 51.0. The van der Waals surface area contributed by atoms with Crippen molar-refractivity contribution in [2.75, 3.05) is 27.9 Å². The van der Waals surface area contributed by atoms with E-state index in [1.165, 1.54) is 7.11 Å². The summed E-state index contributed by atoms with van der Waals surface area (Å²) in [5.74, 6) is -1.71. The van der Waals surface area contributed by atoms with Gasteiger partial charge in [-0.15, -0.1) is 0 Å². The van der Waals surface area contributed by atoms with Crippen LogP contribution in [-0.4, -0.2) is 98.8 Å². The van der Waals surface area contributed by atoms with Gasteiger partial charge in [0.15, 0.2) is 24.2 Å². The van der Waals surface area contributed by atoms with Gasteiger partial charge in [-0.3, -0.25) is 4.79 Å². The molecule has 10 atom stereocenters. The van der Waals surface area contributed by atoms with E-state index >= 15 is 0 Å². The molecule has 38 heavy (non-hydrogen) atoms. The van der Waals surface area contributed by atoms with E-state index < -0.39 is 35.4 Å². The number of carbonyl (C=O) groups is 1. The number of aliphatic hydroxyl groups excluding tert-OH is 1. The predicted octanol–water partition coefficient (Wildman–Crippen LogP) is 2.75. The maximum atomic E-state index is 11.9. The molecule has 0 aromatic heterocycles. The van der Waals surface area contributed by atoms with Gasteiger partial charge in [0.25, 0.3) is 0 Å². The Hall–Kier alpha value is -0.890. The van der Waals surface area contributed by atoms with Crippen molar-refractivity contribution in [3.63, 3.8) is 0 Å². The maximum absolute atomic E-state index is 11.9. The van der Waals surface area contributed by atoms with Gasteiger partial charge in [0, 0.05) is 26.7 Å². The van der Waals surface area contributed by atoms with Crippen molar-refractivity contribution in [2.24, 2.45) is 11.8 Å². The number of aliphatic hydroxyl groups is 1. The second-order valence-electron chi connectivity index (χ2n) is 11.4. The van der Waals surface area contributed by atoms with Crippen LogP contribution < -0.4 is 0 Å². The van der Waals surface area contributed by atoms with E-state index in [9.17, 15) is 9.90 Å². The van der Waals surface area contributed by atoms with Crippen molar-refractivity contribution >= 4 is 5.97 Å². The van der Waals surface area contributed by atoms with Gasteiger partial charge in [-0.2, -0.15) is 0 Å². The minimum atomic E-state index is -0.681. The van der Waals surface area contributed by atoms with Gasteiger partial charge in [0.2, 0.25) is 0 Å². The van der Waals surface area contributed by atoms with Crippen LogP contribution >= 0.6 is 0 Å². The summed E-state index contributed by atoms with van der Waals surface area (Å²) in [6.45, 7) is 7.65. The SMILES string of the molecule is C.C.COC(=O)[C@H]1CC[C@@]12O[C@@H](OC)C1OC(C)(C)O[C@H]12.CO[C@@H]1O[C@@]2(CC[C@@H]2CO)[C@@H]2OC(C)(C)OC12. The molecule has 2 aliphatic carbocycles. The smallest absolute Gasteiger partial charge is 0.311 e. The summed E-state index contributed by atoms with van der Waals surface area (Å²) in [6.07, 6.45) is 1.58. The molecule has 6 fully saturated rings. The summed E-state index contributed by atoms with van der Waals surface area (Å²) in [5, 5.41) is 9.40. The van der Waals surface area contributed by atoms with E-state index in [0.717, 1.165) is 25.7 Å². The molecule has 0 amide bonds. The molecule has 2 spiro atoms. The van der Waals surface area contributed by atoms with E-state index in [1.54, 1.807) is 14.2 Å². The van der Waals surface area contributed by atoms with Gasteiger partial charge in [-0.1, -0.05) is 14.9 Å². The van der Waals surface area contributed by atoms with Crippen LogP contribution in [0.4, 0.5) is 0 Å². The Morgan fingerprint density at radius 3 is 1.61 bits per heavy atom. The van der Waals surface area contributed by atoms with Crippen LogP contribution in [0.15, 0.2) is 0 Å². The molecule has 4 saturated heterocycles. The fourth-order valence-corrected chi connectivity index (χ4v) is 6.72. The second kappa shape index (κ2) is 10.8. The zero-order valence-corrected chi connectivity index (χ0v) is 22.2. The zero-order chi connectivity index (χ0) is 26.1. The fourth-order valence-electron chi connectivity index (χ4n) is 6.72. The molecule has 222 valence electrons. The maximum Gasteiger partial charge on any atom is 0.311 e. The Bertz CT molecular complexity index is 847. The topological polar surface area (TPSA) is 120 Å². The molecule has 0 aromatic carbocycles. The fraction of sp³-hybridized carbons (Fsp3) is 0.963. The molecular weight excluding hydrogens is 500 g/mol. The van der Waals surface area contributed by atoms with E-state index in [-0.39, 0.29) is 63.7 Å². The molecule has 11 nitrogen and oxygen atoms in total. The summed E-state index contributed by atoms with van der Waals surface area (Å²) >= 11 is 0. The first-order valence-electron chi connectivity index (χ1n) is 12.8. The number of carbonyl (C=O) groups excluding carboxylic acids is 1. The number of ether oxygens (including phenoxy) is 9. The molecule has 6 rings (SSSR count). The van der Waals surface area contributed by atoms with Crippen molar-refractivity contribution in [3.05, 3.63) is 0 Å². The van der Waals surface area contributed by atoms with Gasteiger partial charge in [-0.25, -0.2) is 0 Å². The Kier molecular flexibility index (Phi) is 9.02. The van der Waals surface area contributed by atoms with Crippen molar-refractivity contribution in [1.29, 1.82) is 0 Å². The Balaban J connectivity index is 0.000000201. The normalized spacial score (nSPS) is 46.5. The molecule has 6 aliphatic rings. The lowest BCUT2D eigenvalue weighted by Gasteiger charge is -2.48. The largest absolute Gasteiger partial charge is 0.469 e. The molecule has 4 aliphatic heterocycles. The lowest BCUT2D eigenvalue weighted by molar-refractivity contribution is -0.282. The molecule has 11 heteroatoms. The highest BCUT2D eigenvalue weighted by atomic mass is 16.8. The van der Waals surface area contributed by atoms with Gasteiger partial charge in [0.1, 0.15) is 35.6 Å². The highest BCUT2D eigenvalue weighted by Crippen LogP contribution is 2.57. The molecule has 2 unspecified atom stereocenters. The number of methoxy groups -OCH3 is 3. The Morgan fingerprint density at radius 1 is 0.763 bits per heavy atom. The number of fused-ring (bicyclic) bond motifs is 4. The van der Waals surface area contributed by atoms with Crippen LogP contribution in [0, 0.1) is 11.8 Å². The minimum absolute atomic E-state index is 0. The van der Waals surface area contributed by atoms with Crippen LogP contribution in [-0.2, 0) is 47.4 Å². The van der Waals surface area contributed by atoms with Gasteiger partial charge in [-0.05, 0) is 53.4 Å². The number of hydrogen-bond acceptors (Lipinski definition) is 11. The van der Waals surface area contributed by atoms with E-state index in [1.807, 2.05) is 27.7 Å². The molecule has 0 radical (unpaired) electrons. The number of esters is 1. The average Bonchev–Trinajstić information content (AvgIpc) is 3.47. The van der Waals surface area contributed by atoms with Gasteiger partial charge in [0.05, 0.1) is 13.0 Å². The lowest BCUT2D eigenvalue weighted by atomic mass is 9.66. The lowest BCUT2D eigenvalue weighted by Crippen LogP contribution is -2.59. The Labute approximate surface area is 226 Å². The quantitative estimate of drug-likeness (QED) is 0.522. The summed E-state index contributed by atoms with van der Waals surface area (Å²) in [4.78, 5) is 11.9. The zero-order valence-electron chi connectivity index (χ0n) is 22.2. The monoisotopic (exact) mass is 548 g/mol.